The van der Waals surface area contributed by atoms with E-state index < -0.39 is 0 Å². The minimum atomic E-state index is 0.00663. The molecule has 14 heavy (non-hydrogen) atoms. The highest BCUT2D eigenvalue weighted by Crippen LogP contribution is 2.02. The lowest BCUT2D eigenvalue weighted by Gasteiger charge is -2.15. The van der Waals surface area contributed by atoms with E-state index in [9.17, 15) is 0 Å². The smallest absolute Gasteiger partial charge is 0.156 e. The average Bonchev–Trinajstić information content (AvgIpc) is 2.16. The van der Waals surface area contributed by atoms with Crippen molar-refractivity contribution in [2.45, 2.75) is 46.1 Å². The first-order valence-corrected chi connectivity index (χ1v) is 5.32. The fourth-order valence-corrected chi connectivity index (χ4v) is 1.31. The van der Waals surface area contributed by atoms with Gasteiger partial charge in [-0.1, -0.05) is 25.9 Å². The zero-order chi connectivity index (χ0) is 11.0. The third kappa shape index (κ3) is 5.80. The van der Waals surface area contributed by atoms with Crippen molar-refractivity contribution in [3.63, 3.8) is 0 Å². The van der Waals surface area contributed by atoms with Gasteiger partial charge in [0.05, 0.1) is 6.04 Å². The third-order valence-corrected chi connectivity index (χ3v) is 2.23. The van der Waals surface area contributed by atoms with Crippen LogP contribution in [0.2, 0.25) is 0 Å². The van der Waals surface area contributed by atoms with Crippen LogP contribution in [0.15, 0.2) is 5.16 Å². The molecule has 1 unspecified atom stereocenters. The summed E-state index contributed by atoms with van der Waals surface area (Å²) in [6.45, 7) is 7.35. The minimum absolute atomic E-state index is 0.00663. The summed E-state index contributed by atoms with van der Waals surface area (Å²) >= 11 is 0. The van der Waals surface area contributed by atoms with Crippen molar-refractivity contribution in [3.05, 3.63) is 0 Å². The molecule has 4 heteroatoms. The van der Waals surface area contributed by atoms with Crippen molar-refractivity contribution in [1.29, 1.82) is 0 Å². The molecule has 0 spiro atoms. The van der Waals surface area contributed by atoms with E-state index in [0.29, 0.717) is 0 Å². The van der Waals surface area contributed by atoms with Crippen LogP contribution in [0.1, 0.15) is 40.0 Å². The van der Waals surface area contributed by atoms with E-state index in [1.807, 2.05) is 6.92 Å². The van der Waals surface area contributed by atoms with Gasteiger partial charge in [-0.05, 0) is 31.7 Å². The molecule has 0 aromatic rings. The second-order valence-corrected chi connectivity index (χ2v) is 3.98. The number of oxime groups is 1. The van der Waals surface area contributed by atoms with Crippen LogP contribution in [0.25, 0.3) is 0 Å². The molecule has 0 aromatic heterocycles. The number of hydrogen-bond acceptors (Lipinski definition) is 3. The number of nitrogens with two attached hydrogens (primary N) is 1. The summed E-state index contributed by atoms with van der Waals surface area (Å²) in [7, 11) is 0. The third-order valence-electron chi connectivity index (χ3n) is 2.23. The first kappa shape index (κ1) is 13.2. The molecule has 0 fully saturated rings. The summed E-state index contributed by atoms with van der Waals surface area (Å²) in [5, 5.41) is 14.8. The van der Waals surface area contributed by atoms with Crippen molar-refractivity contribution in [3.8, 4) is 0 Å². The lowest BCUT2D eigenvalue weighted by molar-refractivity contribution is 0.314. The van der Waals surface area contributed by atoms with Gasteiger partial charge in [-0.25, -0.2) is 0 Å². The standard InChI is InChI=1S/C10H23N3O/c1-4-9(10(11)13-14)12-7-5-6-8(2)3/h8-9,12,14H,4-7H2,1-3H3,(H2,11,13). The highest BCUT2D eigenvalue weighted by atomic mass is 16.4. The molecule has 0 aliphatic heterocycles. The van der Waals surface area contributed by atoms with Crippen molar-refractivity contribution in [1.82, 2.24) is 5.32 Å². The van der Waals surface area contributed by atoms with Gasteiger partial charge in [-0.15, -0.1) is 0 Å². The van der Waals surface area contributed by atoms with Crippen molar-refractivity contribution < 1.29 is 5.21 Å². The van der Waals surface area contributed by atoms with Gasteiger partial charge in [0.25, 0.3) is 0 Å². The summed E-state index contributed by atoms with van der Waals surface area (Å²) < 4.78 is 0. The van der Waals surface area contributed by atoms with Gasteiger partial charge < -0.3 is 16.3 Å². The zero-order valence-corrected chi connectivity index (χ0v) is 9.45. The normalized spacial score (nSPS) is 14.7. The van der Waals surface area contributed by atoms with Gasteiger partial charge in [0.15, 0.2) is 5.84 Å². The fourth-order valence-electron chi connectivity index (χ4n) is 1.31. The quantitative estimate of drug-likeness (QED) is 0.192. The van der Waals surface area contributed by atoms with E-state index >= 15 is 0 Å². The minimum Gasteiger partial charge on any atom is -0.409 e. The molecule has 0 aliphatic rings. The topological polar surface area (TPSA) is 70.6 Å². The van der Waals surface area contributed by atoms with E-state index in [-0.39, 0.29) is 11.9 Å². The Morgan fingerprint density at radius 3 is 2.57 bits per heavy atom. The molecule has 0 aliphatic carbocycles. The number of rotatable bonds is 7. The zero-order valence-electron chi connectivity index (χ0n) is 9.45. The van der Waals surface area contributed by atoms with Gasteiger partial charge in [0, 0.05) is 0 Å². The Labute approximate surface area is 86.6 Å². The Bertz CT molecular complexity index is 169. The second-order valence-electron chi connectivity index (χ2n) is 3.98. The molecule has 0 saturated heterocycles. The second kappa shape index (κ2) is 7.62. The van der Waals surface area contributed by atoms with Crippen LogP contribution in [-0.4, -0.2) is 23.6 Å². The van der Waals surface area contributed by atoms with E-state index in [0.717, 1.165) is 25.3 Å². The number of nitrogens with one attached hydrogen (secondary N) is 1. The largest absolute Gasteiger partial charge is 0.409 e. The molecule has 0 radical (unpaired) electrons. The maximum absolute atomic E-state index is 8.50. The highest BCUT2D eigenvalue weighted by Gasteiger charge is 2.09. The molecular weight excluding hydrogens is 178 g/mol. The van der Waals surface area contributed by atoms with Crippen LogP contribution in [0.3, 0.4) is 0 Å². The predicted molar refractivity (Wildman–Crippen MR) is 59.6 cm³/mol. The first-order valence-electron chi connectivity index (χ1n) is 5.32. The van der Waals surface area contributed by atoms with Crippen molar-refractivity contribution in [2.75, 3.05) is 6.54 Å². The average molecular weight is 201 g/mol. The van der Waals surface area contributed by atoms with Gasteiger partial charge in [0.1, 0.15) is 0 Å². The summed E-state index contributed by atoms with van der Waals surface area (Å²) in [6, 6.07) is 0.00663. The molecule has 4 nitrogen and oxygen atoms in total. The van der Waals surface area contributed by atoms with Crippen molar-refractivity contribution >= 4 is 5.84 Å². The molecule has 4 N–H and O–H groups in total. The number of amidine groups is 1. The first-order chi connectivity index (χ1) is 6.61. The summed E-state index contributed by atoms with van der Waals surface area (Å²) in [6.07, 6.45) is 3.18. The molecule has 0 aromatic carbocycles. The fraction of sp³-hybridized carbons (Fsp3) is 0.900. The van der Waals surface area contributed by atoms with Crippen molar-refractivity contribution in [2.24, 2.45) is 16.8 Å². The van der Waals surface area contributed by atoms with Crippen LogP contribution in [-0.2, 0) is 0 Å². The lowest BCUT2D eigenvalue weighted by Crippen LogP contribution is -2.41. The Balaban J connectivity index is 3.64. The molecule has 0 bridgehead atoms. The molecule has 0 amide bonds. The van der Waals surface area contributed by atoms with E-state index in [4.69, 9.17) is 10.9 Å². The Morgan fingerprint density at radius 2 is 2.14 bits per heavy atom. The Kier molecular flexibility index (Phi) is 7.20. The van der Waals surface area contributed by atoms with E-state index in [2.05, 4.69) is 24.3 Å². The molecule has 84 valence electrons. The number of nitrogens with zero attached hydrogens (tertiary/aromatic N) is 1. The van der Waals surface area contributed by atoms with Gasteiger partial charge in [-0.2, -0.15) is 0 Å². The molecule has 0 heterocycles. The van der Waals surface area contributed by atoms with Crippen LogP contribution >= 0.6 is 0 Å². The molecule has 1 atom stereocenters. The SMILES string of the molecule is CCC(NCCCC(C)C)C(N)=NO. The van der Waals surface area contributed by atoms with Crippen LogP contribution in [0.5, 0.6) is 0 Å². The van der Waals surface area contributed by atoms with Crippen LogP contribution in [0.4, 0.5) is 0 Å². The predicted octanol–water partition coefficient (Wildman–Crippen LogP) is 1.54. The molecule has 0 rings (SSSR count). The van der Waals surface area contributed by atoms with Crippen LogP contribution in [0, 0.1) is 5.92 Å². The van der Waals surface area contributed by atoms with E-state index in [1.165, 1.54) is 6.42 Å². The number of hydrogen-bond donors (Lipinski definition) is 3. The maximum atomic E-state index is 8.50. The van der Waals surface area contributed by atoms with Gasteiger partial charge in [-0.3, -0.25) is 0 Å². The van der Waals surface area contributed by atoms with E-state index in [1.54, 1.807) is 0 Å². The lowest BCUT2D eigenvalue weighted by atomic mass is 10.1. The Morgan fingerprint density at radius 1 is 1.50 bits per heavy atom. The monoisotopic (exact) mass is 201 g/mol. The van der Waals surface area contributed by atoms with Gasteiger partial charge in [0.2, 0.25) is 0 Å². The molecular formula is C10H23N3O. The van der Waals surface area contributed by atoms with Gasteiger partial charge >= 0.3 is 0 Å². The Hall–Kier alpha value is -0.770. The summed E-state index contributed by atoms with van der Waals surface area (Å²) in [5.41, 5.74) is 5.51. The maximum Gasteiger partial charge on any atom is 0.156 e. The molecule has 0 saturated carbocycles. The summed E-state index contributed by atoms with van der Waals surface area (Å²) in [4.78, 5) is 0. The van der Waals surface area contributed by atoms with Crippen LogP contribution < -0.4 is 11.1 Å². The highest BCUT2D eigenvalue weighted by molar-refractivity contribution is 5.85. The summed E-state index contributed by atoms with van der Waals surface area (Å²) in [5.74, 6) is 1.01.